The molecular weight excluding hydrogens is 325 g/mol. The van der Waals surface area contributed by atoms with Crippen molar-refractivity contribution in [2.45, 2.75) is 25.8 Å². The maximum Gasteiger partial charge on any atom is 0.221 e. The summed E-state index contributed by atoms with van der Waals surface area (Å²) in [5.41, 5.74) is 4.22. The monoisotopic (exact) mass is 347 g/mol. The molecule has 3 heteroatoms. The van der Waals surface area contributed by atoms with Crippen molar-refractivity contribution in [3.8, 4) is 0 Å². The van der Waals surface area contributed by atoms with Crippen LogP contribution in [-0.4, -0.2) is 5.91 Å². The van der Waals surface area contributed by atoms with E-state index in [1.165, 1.54) is 12.1 Å². The number of benzene rings is 3. The molecule has 0 fully saturated rings. The van der Waals surface area contributed by atoms with Crippen molar-refractivity contribution in [3.05, 3.63) is 107 Å². The fourth-order valence-corrected chi connectivity index (χ4v) is 3.00. The van der Waals surface area contributed by atoms with Crippen LogP contribution >= 0.6 is 0 Å². The van der Waals surface area contributed by atoms with Gasteiger partial charge >= 0.3 is 0 Å². The maximum absolute atomic E-state index is 13.0. The Balaban J connectivity index is 1.73. The number of rotatable bonds is 6. The third-order valence-electron chi connectivity index (χ3n) is 4.37. The minimum atomic E-state index is -0.262. The van der Waals surface area contributed by atoms with Crippen LogP contribution in [0, 0.1) is 12.7 Å². The molecule has 3 aromatic rings. The number of nitrogens with one attached hydrogen (secondary N) is 1. The minimum Gasteiger partial charge on any atom is -0.345 e. The van der Waals surface area contributed by atoms with E-state index in [1.807, 2.05) is 55.5 Å². The van der Waals surface area contributed by atoms with Gasteiger partial charge in [0.25, 0.3) is 0 Å². The molecule has 0 aliphatic heterocycles. The van der Waals surface area contributed by atoms with Crippen molar-refractivity contribution in [1.82, 2.24) is 5.32 Å². The van der Waals surface area contributed by atoms with Crippen molar-refractivity contribution in [2.24, 2.45) is 0 Å². The quantitative estimate of drug-likeness (QED) is 0.670. The van der Waals surface area contributed by atoms with E-state index in [0.717, 1.165) is 22.3 Å². The molecule has 0 spiro atoms. The molecule has 0 saturated heterocycles. The molecule has 0 saturated carbocycles. The van der Waals surface area contributed by atoms with Gasteiger partial charge in [-0.25, -0.2) is 4.39 Å². The van der Waals surface area contributed by atoms with Crippen molar-refractivity contribution in [1.29, 1.82) is 0 Å². The average molecular weight is 347 g/mol. The predicted octanol–water partition coefficient (Wildman–Crippen LogP) is 4.97. The first-order valence-electron chi connectivity index (χ1n) is 8.77. The Hall–Kier alpha value is -2.94. The lowest BCUT2D eigenvalue weighted by molar-refractivity contribution is -0.121. The number of amides is 1. The van der Waals surface area contributed by atoms with Gasteiger partial charge in [0.15, 0.2) is 0 Å². The Morgan fingerprint density at radius 3 is 2.31 bits per heavy atom. The van der Waals surface area contributed by atoms with Gasteiger partial charge in [-0.2, -0.15) is 0 Å². The van der Waals surface area contributed by atoms with E-state index in [-0.39, 0.29) is 17.8 Å². The number of carbonyl (C=O) groups excluding carboxylic acids is 1. The van der Waals surface area contributed by atoms with Gasteiger partial charge in [0.1, 0.15) is 5.82 Å². The lowest BCUT2D eigenvalue weighted by Gasteiger charge is -2.20. The van der Waals surface area contributed by atoms with Crippen LogP contribution in [0.1, 0.15) is 34.7 Å². The largest absolute Gasteiger partial charge is 0.345 e. The molecule has 1 amide bonds. The first-order chi connectivity index (χ1) is 12.6. The summed E-state index contributed by atoms with van der Waals surface area (Å²) in [7, 11) is 0. The van der Waals surface area contributed by atoms with Crippen molar-refractivity contribution >= 4 is 5.91 Å². The maximum atomic E-state index is 13.0. The van der Waals surface area contributed by atoms with Crippen LogP contribution < -0.4 is 5.32 Å². The minimum absolute atomic E-state index is 0.0234. The highest BCUT2D eigenvalue weighted by Gasteiger charge is 2.16. The second-order valence-electron chi connectivity index (χ2n) is 6.45. The number of halogens is 1. The van der Waals surface area contributed by atoms with Crippen molar-refractivity contribution in [2.75, 3.05) is 0 Å². The molecule has 3 aromatic carbocycles. The standard InChI is InChI=1S/C23H22FNO/c1-17-6-5-9-20(16-17)23(19-7-3-2-4-8-19)25-22(26)15-12-18-10-13-21(24)14-11-18/h2-11,13-14,16,23H,12,15H2,1H3,(H,25,26)/t23-/m1/s1. The summed E-state index contributed by atoms with van der Waals surface area (Å²) in [6.45, 7) is 2.04. The van der Waals surface area contributed by atoms with Crippen LogP contribution in [0.5, 0.6) is 0 Å². The summed E-state index contributed by atoms with van der Waals surface area (Å²) in [4.78, 5) is 12.5. The highest BCUT2D eigenvalue weighted by Crippen LogP contribution is 2.23. The van der Waals surface area contributed by atoms with Crippen LogP contribution in [0.25, 0.3) is 0 Å². The van der Waals surface area contributed by atoms with Crippen LogP contribution in [0.2, 0.25) is 0 Å². The van der Waals surface area contributed by atoms with Gasteiger partial charge in [-0.1, -0.05) is 72.3 Å². The SMILES string of the molecule is Cc1cccc([C@H](NC(=O)CCc2ccc(F)cc2)c2ccccc2)c1. The fraction of sp³-hybridized carbons (Fsp3) is 0.174. The molecule has 0 radical (unpaired) electrons. The second-order valence-corrected chi connectivity index (χ2v) is 6.45. The summed E-state index contributed by atoms with van der Waals surface area (Å²) in [5.74, 6) is -0.286. The third-order valence-corrected chi connectivity index (χ3v) is 4.37. The lowest BCUT2D eigenvalue weighted by atomic mass is 9.97. The molecule has 0 aromatic heterocycles. The van der Waals surface area contributed by atoms with Gasteiger partial charge < -0.3 is 5.32 Å². The Morgan fingerprint density at radius 2 is 1.62 bits per heavy atom. The zero-order valence-electron chi connectivity index (χ0n) is 14.8. The van der Waals surface area contributed by atoms with E-state index in [2.05, 4.69) is 11.4 Å². The molecule has 0 unspecified atom stereocenters. The third kappa shape index (κ3) is 4.79. The van der Waals surface area contributed by atoms with Gasteiger partial charge in [-0.05, 0) is 42.2 Å². The van der Waals surface area contributed by atoms with Crippen LogP contribution in [0.15, 0.2) is 78.9 Å². The zero-order valence-corrected chi connectivity index (χ0v) is 14.8. The normalized spacial score (nSPS) is 11.8. The first kappa shape index (κ1) is 17.9. The first-order valence-corrected chi connectivity index (χ1v) is 8.77. The summed E-state index contributed by atoms with van der Waals surface area (Å²) >= 11 is 0. The molecule has 26 heavy (non-hydrogen) atoms. The Kier molecular flexibility index (Phi) is 5.80. The number of carbonyl (C=O) groups is 1. The van der Waals surface area contributed by atoms with E-state index < -0.39 is 0 Å². The Labute approximate surface area is 153 Å². The number of aryl methyl sites for hydroxylation is 2. The molecule has 0 aliphatic rings. The van der Waals surface area contributed by atoms with E-state index in [1.54, 1.807) is 12.1 Å². The van der Waals surface area contributed by atoms with Crippen LogP contribution in [0.3, 0.4) is 0 Å². The van der Waals surface area contributed by atoms with Crippen molar-refractivity contribution in [3.63, 3.8) is 0 Å². The highest BCUT2D eigenvalue weighted by atomic mass is 19.1. The molecule has 1 N–H and O–H groups in total. The van der Waals surface area contributed by atoms with Gasteiger partial charge in [0, 0.05) is 6.42 Å². The number of hydrogen-bond acceptors (Lipinski definition) is 1. The summed E-state index contributed by atoms with van der Waals surface area (Å²) in [6, 6.07) is 24.2. The average Bonchev–Trinajstić information content (AvgIpc) is 2.66. The molecule has 0 bridgehead atoms. The molecule has 132 valence electrons. The molecule has 0 heterocycles. The topological polar surface area (TPSA) is 29.1 Å². The van der Waals surface area contributed by atoms with E-state index in [0.29, 0.717) is 12.8 Å². The van der Waals surface area contributed by atoms with E-state index >= 15 is 0 Å². The summed E-state index contributed by atoms with van der Waals surface area (Å²) < 4.78 is 13.0. The summed E-state index contributed by atoms with van der Waals surface area (Å²) in [5, 5.41) is 3.15. The van der Waals surface area contributed by atoms with Gasteiger partial charge in [0.05, 0.1) is 6.04 Å². The van der Waals surface area contributed by atoms with Crippen LogP contribution in [-0.2, 0) is 11.2 Å². The predicted molar refractivity (Wildman–Crippen MR) is 102 cm³/mol. The molecule has 2 nitrogen and oxygen atoms in total. The van der Waals surface area contributed by atoms with Gasteiger partial charge in [0.2, 0.25) is 5.91 Å². The summed E-state index contributed by atoms with van der Waals surface area (Å²) in [6.07, 6.45) is 0.947. The molecular formula is C23H22FNO. The number of hydrogen-bond donors (Lipinski definition) is 1. The molecule has 1 atom stereocenters. The van der Waals surface area contributed by atoms with Gasteiger partial charge in [-0.15, -0.1) is 0 Å². The molecule has 0 aliphatic carbocycles. The lowest BCUT2D eigenvalue weighted by Crippen LogP contribution is -2.29. The Morgan fingerprint density at radius 1 is 0.923 bits per heavy atom. The van der Waals surface area contributed by atoms with Crippen molar-refractivity contribution < 1.29 is 9.18 Å². The Bertz CT molecular complexity index is 859. The highest BCUT2D eigenvalue weighted by molar-refractivity contribution is 5.77. The van der Waals surface area contributed by atoms with Gasteiger partial charge in [-0.3, -0.25) is 4.79 Å². The van der Waals surface area contributed by atoms with E-state index in [4.69, 9.17) is 0 Å². The molecule has 3 rings (SSSR count). The fourth-order valence-electron chi connectivity index (χ4n) is 3.00. The smallest absolute Gasteiger partial charge is 0.221 e. The van der Waals surface area contributed by atoms with Crippen LogP contribution in [0.4, 0.5) is 4.39 Å². The zero-order chi connectivity index (χ0) is 18.4. The second kappa shape index (κ2) is 8.43. The van der Waals surface area contributed by atoms with E-state index in [9.17, 15) is 9.18 Å².